The monoisotopic (exact) mass is 341 g/mol. The summed E-state index contributed by atoms with van der Waals surface area (Å²) in [5, 5.41) is 0.927. The smallest absolute Gasteiger partial charge is 0.166 e. The predicted molar refractivity (Wildman–Crippen MR) is 85.8 cm³/mol. The molecule has 1 aliphatic heterocycles. The highest BCUT2D eigenvalue weighted by molar-refractivity contribution is 9.10. The van der Waals surface area contributed by atoms with E-state index in [0.717, 1.165) is 28.8 Å². The van der Waals surface area contributed by atoms with Crippen LogP contribution in [0.3, 0.4) is 0 Å². The fraction of sp³-hybridized carbons (Fsp3) is 0.133. The molecule has 0 atom stereocenters. The molecule has 4 rings (SSSR count). The topological polar surface area (TPSA) is 67.9 Å². The standard InChI is InChI=1S/C15H12BrN5/c16-12-3-1-2-9-6-21(7-11(9)12)15-10-4-5-13(17)20-14(10)18-8-19-15/h1-5,8H,6-7H2,(H2,17,18,19,20). The maximum Gasteiger partial charge on any atom is 0.166 e. The van der Waals surface area contributed by atoms with Gasteiger partial charge in [0.05, 0.1) is 5.39 Å². The van der Waals surface area contributed by atoms with E-state index in [9.17, 15) is 0 Å². The first-order valence-electron chi connectivity index (χ1n) is 6.61. The van der Waals surface area contributed by atoms with Gasteiger partial charge in [-0.15, -0.1) is 0 Å². The molecule has 21 heavy (non-hydrogen) atoms. The zero-order valence-corrected chi connectivity index (χ0v) is 12.7. The van der Waals surface area contributed by atoms with E-state index < -0.39 is 0 Å². The summed E-state index contributed by atoms with van der Waals surface area (Å²) < 4.78 is 1.14. The molecule has 0 fully saturated rings. The van der Waals surface area contributed by atoms with Crippen LogP contribution in [0.25, 0.3) is 11.0 Å². The number of halogens is 1. The average Bonchev–Trinajstić information content (AvgIpc) is 2.91. The van der Waals surface area contributed by atoms with Crippen LogP contribution in [0.5, 0.6) is 0 Å². The van der Waals surface area contributed by atoms with Crippen LogP contribution < -0.4 is 10.6 Å². The first kappa shape index (κ1) is 12.5. The van der Waals surface area contributed by atoms with E-state index in [1.165, 1.54) is 11.1 Å². The van der Waals surface area contributed by atoms with Crippen molar-refractivity contribution in [2.75, 3.05) is 10.6 Å². The molecule has 2 aromatic heterocycles. The van der Waals surface area contributed by atoms with Crippen LogP contribution in [0.15, 0.2) is 41.1 Å². The Labute approximate surface area is 130 Å². The minimum absolute atomic E-state index is 0.472. The molecule has 2 N–H and O–H groups in total. The molecule has 0 aliphatic carbocycles. The average molecular weight is 342 g/mol. The van der Waals surface area contributed by atoms with E-state index in [4.69, 9.17) is 5.73 Å². The molecule has 3 heterocycles. The Kier molecular flexibility index (Phi) is 2.78. The lowest BCUT2D eigenvalue weighted by molar-refractivity contribution is 0.858. The molecular weight excluding hydrogens is 330 g/mol. The van der Waals surface area contributed by atoms with Crippen LogP contribution in [-0.4, -0.2) is 15.0 Å². The highest BCUT2D eigenvalue weighted by Crippen LogP contribution is 2.34. The lowest BCUT2D eigenvalue weighted by Gasteiger charge is -2.17. The van der Waals surface area contributed by atoms with Gasteiger partial charge in [-0.3, -0.25) is 0 Å². The van der Waals surface area contributed by atoms with Gasteiger partial charge in [-0.1, -0.05) is 28.1 Å². The van der Waals surface area contributed by atoms with Gasteiger partial charge in [0.1, 0.15) is 18.0 Å². The van der Waals surface area contributed by atoms with Crippen LogP contribution in [0.1, 0.15) is 11.1 Å². The van der Waals surface area contributed by atoms with Crippen molar-refractivity contribution in [1.29, 1.82) is 0 Å². The maximum absolute atomic E-state index is 5.72. The lowest BCUT2D eigenvalue weighted by atomic mass is 10.1. The first-order valence-corrected chi connectivity index (χ1v) is 7.40. The van der Waals surface area contributed by atoms with Crippen molar-refractivity contribution in [2.45, 2.75) is 13.1 Å². The third kappa shape index (κ3) is 2.03. The number of hydrogen-bond acceptors (Lipinski definition) is 5. The molecule has 0 saturated heterocycles. The number of nitrogens with two attached hydrogens (primary N) is 1. The number of rotatable bonds is 1. The van der Waals surface area contributed by atoms with Gasteiger partial charge >= 0.3 is 0 Å². The van der Waals surface area contributed by atoms with Crippen molar-refractivity contribution in [3.63, 3.8) is 0 Å². The van der Waals surface area contributed by atoms with E-state index in [2.05, 4.69) is 54.0 Å². The fourth-order valence-electron chi connectivity index (χ4n) is 2.73. The van der Waals surface area contributed by atoms with Gasteiger partial charge in [-0.25, -0.2) is 15.0 Å². The summed E-state index contributed by atoms with van der Waals surface area (Å²) in [7, 11) is 0. The molecule has 6 heteroatoms. The second-order valence-corrected chi connectivity index (χ2v) is 5.89. The molecule has 0 spiro atoms. The number of fused-ring (bicyclic) bond motifs is 2. The number of benzene rings is 1. The largest absolute Gasteiger partial charge is 0.384 e. The Morgan fingerprint density at radius 1 is 1.10 bits per heavy atom. The van der Waals surface area contributed by atoms with Gasteiger partial charge < -0.3 is 10.6 Å². The lowest BCUT2D eigenvalue weighted by Crippen LogP contribution is -2.16. The first-order chi connectivity index (χ1) is 10.2. The molecule has 0 unspecified atom stereocenters. The minimum Gasteiger partial charge on any atom is -0.384 e. The van der Waals surface area contributed by atoms with Crippen molar-refractivity contribution in [3.05, 3.63) is 52.3 Å². The van der Waals surface area contributed by atoms with Crippen molar-refractivity contribution in [2.24, 2.45) is 0 Å². The van der Waals surface area contributed by atoms with Gasteiger partial charge in [0.15, 0.2) is 5.65 Å². The van der Waals surface area contributed by atoms with Crippen LogP contribution in [0.4, 0.5) is 11.6 Å². The van der Waals surface area contributed by atoms with E-state index in [0.29, 0.717) is 11.5 Å². The summed E-state index contributed by atoms with van der Waals surface area (Å²) in [6.45, 7) is 1.67. The zero-order valence-electron chi connectivity index (χ0n) is 11.1. The second kappa shape index (κ2) is 4.66. The molecule has 5 nitrogen and oxygen atoms in total. The molecule has 0 saturated carbocycles. The molecule has 3 aromatic rings. The summed E-state index contributed by atoms with van der Waals surface area (Å²) in [6, 6.07) is 10.0. The maximum atomic E-state index is 5.72. The van der Waals surface area contributed by atoms with Gasteiger partial charge in [-0.05, 0) is 29.3 Å². The molecule has 1 aliphatic rings. The third-order valence-corrected chi connectivity index (χ3v) is 4.47. The molecule has 1 aromatic carbocycles. The predicted octanol–water partition coefficient (Wildman–Crippen LogP) is 2.89. The number of nitrogen functional groups attached to an aromatic ring is 1. The van der Waals surface area contributed by atoms with Crippen molar-refractivity contribution in [3.8, 4) is 0 Å². The molecule has 0 bridgehead atoms. The third-order valence-electron chi connectivity index (χ3n) is 3.72. The van der Waals surface area contributed by atoms with Crippen LogP contribution >= 0.6 is 15.9 Å². The number of anilines is 2. The van der Waals surface area contributed by atoms with Crippen LogP contribution in [-0.2, 0) is 13.1 Å². The Balaban J connectivity index is 1.81. The normalized spacial score (nSPS) is 13.7. The molecule has 0 radical (unpaired) electrons. The minimum atomic E-state index is 0.472. The van der Waals surface area contributed by atoms with E-state index in [1.807, 2.05) is 6.07 Å². The molecular formula is C15H12BrN5. The summed E-state index contributed by atoms with van der Waals surface area (Å²) >= 11 is 3.62. The van der Waals surface area contributed by atoms with Gasteiger partial charge in [0, 0.05) is 17.6 Å². The second-order valence-electron chi connectivity index (χ2n) is 5.04. The summed E-state index contributed by atoms with van der Waals surface area (Å²) in [5.74, 6) is 1.37. The Morgan fingerprint density at radius 3 is 2.86 bits per heavy atom. The van der Waals surface area contributed by atoms with Gasteiger partial charge in [0.2, 0.25) is 0 Å². The Bertz CT molecular complexity index is 849. The number of nitrogens with zero attached hydrogens (tertiary/aromatic N) is 4. The molecule has 104 valence electrons. The van der Waals surface area contributed by atoms with E-state index in [-0.39, 0.29) is 0 Å². The zero-order chi connectivity index (χ0) is 14.4. The summed E-state index contributed by atoms with van der Waals surface area (Å²) in [6.07, 6.45) is 1.54. The van der Waals surface area contributed by atoms with Crippen LogP contribution in [0, 0.1) is 0 Å². The Morgan fingerprint density at radius 2 is 2.00 bits per heavy atom. The number of pyridine rings is 1. The number of aromatic nitrogens is 3. The summed E-state index contributed by atoms with van der Waals surface area (Å²) in [5.41, 5.74) is 8.99. The van der Waals surface area contributed by atoms with Gasteiger partial charge in [-0.2, -0.15) is 0 Å². The van der Waals surface area contributed by atoms with Crippen molar-refractivity contribution in [1.82, 2.24) is 15.0 Å². The van der Waals surface area contributed by atoms with E-state index >= 15 is 0 Å². The van der Waals surface area contributed by atoms with Crippen molar-refractivity contribution >= 4 is 38.6 Å². The highest BCUT2D eigenvalue weighted by Gasteiger charge is 2.23. The van der Waals surface area contributed by atoms with Crippen LogP contribution in [0.2, 0.25) is 0 Å². The Hall–Kier alpha value is -2.21. The van der Waals surface area contributed by atoms with E-state index in [1.54, 1.807) is 12.4 Å². The summed E-state index contributed by atoms with van der Waals surface area (Å²) in [4.78, 5) is 15.2. The molecule has 0 amide bonds. The van der Waals surface area contributed by atoms with Crippen molar-refractivity contribution < 1.29 is 0 Å². The quantitative estimate of drug-likeness (QED) is 0.737. The van der Waals surface area contributed by atoms with Gasteiger partial charge in [0.25, 0.3) is 0 Å². The SMILES string of the molecule is Nc1ccc2c(N3Cc4cccc(Br)c4C3)ncnc2n1. The highest BCUT2D eigenvalue weighted by atomic mass is 79.9. The number of hydrogen-bond donors (Lipinski definition) is 1. The fourth-order valence-corrected chi connectivity index (χ4v) is 3.26.